The fourth-order valence-electron chi connectivity index (χ4n) is 3.63. The molecule has 1 unspecified atom stereocenters. The van der Waals surface area contributed by atoms with Crippen molar-refractivity contribution in [3.05, 3.63) is 29.8 Å². The second kappa shape index (κ2) is 23.9. The first-order valence-electron chi connectivity index (χ1n) is 15.9. The first kappa shape index (κ1) is 40.6. The average Bonchev–Trinajstić information content (AvgIpc) is 2.97. The van der Waals surface area contributed by atoms with E-state index in [1.165, 1.54) is 6.42 Å². The van der Waals surface area contributed by atoms with Gasteiger partial charge in [0.25, 0.3) is 5.91 Å². The second-order valence-electron chi connectivity index (χ2n) is 12.3. The maximum absolute atomic E-state index is 12.7. The smallest absolute Gasteiger partial charge is 0.251 e. The highest BCUT2D eigenvalue weighted by Crippen LogP contribution is 2.38. The summed E-state index contributed by atoms with van der Waals surface area (Å²) in [5.41, 5.74) is 0.175. The zero-order chi connectivity index (χ0) is 33.5. The van der Waals surface area contributed by atoms with Crippen LogP contribution in [0.3, 0.4) is 0 Å². The zero-order valence-corrected chi connectivity index (χ0v) is 29.9. The molecule has 0 spiro atoms. The van der Waals surface area contributed by atoms with Gasteiger partial charge in [-0.05, 0) is 30.5 Å². The van der Waals surface area contributed by atoms with Crippen molar-refractivity contribution in [3.63, 3.8) is 0 Å². The number of hydrogen-bond donors (Lipinski definition) is 3. The fraction of sp³-hybridized carbons (Fsp3) is 0.676. The van der Waals surface area contributed by atoms with Gasteiger partial charge in [-0.2, -0.15) is 0 Å². The normalized spacial score (nSPS) is 11.9. The quantitative estimate of drug-likeness (QED) is 0.0614. The van der Waals surface area contributed by atoms with Gasteiger partial charge >= 0.3 is 0 Å². The van der Waals surface area contributed by atoms with E-state index in [1.54, 1.807) is 45.9 Å². The molecular weight excluding hydrogens is 611 g/mol. The van der Waals surface area contributed by atoms with Gasteiger partial charge in [0.1, 0.15) is 24.4 Å². The Kier molecular flexibility index (Phi) is 21.6. The van der Waals surface area contributed by atoms with Crippen LogP contribution in [0.15, 0.2) is 24.3 Å². The largest absolute Gasteiger partial charge is 0.490 e. The molecule has 1 aromatic rings. The summed E-state index contributed by atoms with van der Waals surface area (Å²) in [4.78, 5) is 36.6. The molecule has 3 N–H and O–H groups in total. The number of hydrogen-bond acceptors (Lipinski definition) is 8. The van der Waals surface area contributed by atoms with Gasteiger partial charge in [0.05, 0.1) is 19.8 Å². The predicted molar refractivity (Wildman–Crippen MR) is 186 cm³/mol. The molecule has 9 nitrogen and oxygen atoms in total. The van der Waals surface area contributed by atoms with Gasteiger partial charge in [-0.3, -0.25) is 14.4 Å². The summed E-state index contributed by atoms with van der Waals surface area (Å²) in [5, 5.41) is 8.42. The molecule has 0 fully saturated rings. The molecule has 11 heteroatoms. The van der Waals surface area contributed by atoms with Gasteiger partial charge in [0.2, 0.25) is 11.8 Å². The summed E-state index contributed by atoms with van der Waals surface area (Å²) >= 11 is 0. The third-order valence-electron chi connectivity index (χ3n) is 5.84. The monoisotopic (exact) mass is 665 g/mol. The van der Waals surface area contributed by atoms with Crippen molar-refractivity contribution >= 4 is 39.3 Å². The van der Waals surface area contributed by atoms with Crippen LogP contribution in [0.4, 0.5) is 0 Å². The summed E-state index contributed by atoms with van der Waals surface area (Å²) in [6.07, 6.45) is 4.81. The fourth-order valence-corrected chi connectivity index (χ4v) is 5.82. The zero-order valence-electron chi connectivity index (χ0n) is 28.3. The molecule has 254 valence electrons. The van der Waals surface area contributed by atoms with Crippen LogP contribution in [0.2, 0.25) is 0 Å². The molecular formula is C34H55N3O6S2. The van der Waals surface area contributed by atoms with Crippen LogP contribution >= 0.6 is 21.6 Å². The lowest BCUT2D eigenvalue weighted by atomic mass is 10.0. The Morgan fingerprint density at radius 2 is 1.69 bits per heavy atom. The molecule has 0 aliphatic heterocycles. The van der Waals surface area contributed by atoms with E-state index in [9.17, 15) is 14.4 Å². The SMILES string of the molecule is CC(C)C#CCNC(=O)COCCOC(COc1cccc(C(=O)NCCNC(=O)CCCCCC(C)C)c1)SSC(C)(C)C. The molecule has 1 aromatic carbocycles. The van der Waals surface area contributed by atoms with Crippen LogP contribution in [0.5, 0.6) is 5.75 Å². The topological polar surface area (TPSA) is 115 Å². The summed E-state index contributed by atoms with van der Waals surface area (Å²) in [5.74, 6) is 6.97. The van der Waals surface area contributed by atoms with Crippen LogP contribution in [-0.4, -0.2) is 74.0 Å². The van der Waals surface area contributed by atoms with Crippen molar-refractivity contribution in [2.75, 3.05) is 46.1 Å². The van der Waals surface area contributed by atoms with Crippen LogP contribution in [0.1, 0.15) is 90.9 Å². The summed E-state index contributed by atoms with van der Waals surface area (Å²) in [6.45, 7) is 16.6. The molecule has 0 bridgehead atoms. The lowest BCUT2D eigenvalue weighted by Gasteiger charge is -2.22. The van der Waals surface area contributed by atoms with Crippen LogP contribution in [0, 0.1) is 23.7 Å². The van der Waals surface area contributed by atoms with E-state index in [0.29, 0.717) is 49.9 Å². The molecule has 0 saturated carbocycles. The molecule has 1 atom stereocenters. The van der Waals surface area contributed by atoms with Crippen molar-refractivity contribution in [2.45, 2.75) is 90.8 Å². The second-order valence-corrected chi connectivity index (χ2v) is 15.5. The van der Waals surface area contributed by atoms with Crippen molar-refractivity contribution in [1.29, 1.82) is 0 Å². The molecule has 0 aliphatic carbocycles. The number of rotatable bonds is 22. The van der Waals surface area contributed by atoms with Crippen molar-refractivity contribution in [1.82, 2.24) is 16.0 Å². The Labute approximate surface area is 279 Å². The number of unbranched alkanes of at least 4 members (excludes halogenated alkanes) is 2. The van der Waals surface area contributed by atoms with Gasteiger partial charge in [0.15, 0.2) is 0 Å². The third-order valence-corrected chi connectivity index (χ3v) is 9.35. The molecule has 0 aromatic heterocycles. The maximum Gasteiger partial charge on any atom is 0.251 e. The van der Waals surface area contributed by atoms with E-state index in [2.05, 4.69) is 62.4 Å². The lowest BCUT2D eigenvalue weighted by Crippen LogP contribution is -2.34. The van der Waals surface area contributed by atoms with Crippen LogP contribution < -0.4 is 20.7 Å². The lowest BCUT2D eigenvalue weighted by molar-refractivity contribution is -0.126. The minimum absolute atomic E-state index is 0.0170. The van der Waals surface area contributed by atoms with Gasteiger partial charge < -0.3 is 30.2 Å². The standard InChI is InChI=1S/C34H55N3O6S2/c1-26(2)13-9-8-10-17-30(38)36-19-20-37-33(40)28-15-11-16-29(23-28)43-25-32(44-45-34(5,6)7)42-22-21-41-24-31(39)35-18-12-14-27(3)4/h11,15-16,23,26-27,32H,8-10,13,17-22,24-25H2,1-7H3,(H,35,39)(H,36,38)(H,37,40). The van der Waals surface area contributed by atoms with Gasteiger partial charge in [0, 0.05) is 35.7 Å². The van der Waals surface area contributed by atoms with E-state index < -0.39 is 0 Å². The highest BCUT2D eigenvalue weighted by Gasteiger charge is 2.19. The number of carbonyl (C=O) groups is 3. The molecule has 0 heterocycles. The average molecular weight is 666 g/mol. The highest BCUT2D eigenvalue weighted by molar-refractivity contribution is 8.77. The van der Waals surface area contributed by atoms with E-state index >= 15 is 0 Å². The van der Waals surface area contributed by atoms with Crippen LogP contribution in [-0.2, 0) is 19.1 Å². The number of nitrogens with one attached hydrogen (secondary N) is 3. The number of amides is 3. The first-order valence-corrected chi connectivity index (χ1v) is 18.1. The van der Waals surface area contributed by atoms with Gasteiger partial charge in [-0.25, -0.2) is 0 Å². The summed E-state index contributed by atoms with van der Waals surface area (Å²) in [7, 11) is 3.25. The number of carbonyl (C=O) groups excluding carboxylic acids is 3. The van der Waals surface area contributed by atoms with E-state index in [4.69, 9.17) is 14.2 Å². The minimum atomic E-state index is -0.297. The van der Waals surface area contributed by atoms with Crippen molar-refractivity contribution in [3.8, 4) is 17.6 Å². The number of benzene rings is 1. The van der Waals surface area contributed by atoms with E-state index in [1.807, 2.05) is 13.8 Å². The van der Waals surface area contributed by atoms with Crippen molar-refractivity contribution in [2.24, 2.45) is 11.8 Å². The summed E-state index contributed by atoms with van der Waals surface area (Å²) in [6, 6.07) is 6.98. The first-order chi connectivity index (χ1) is 21.4. The maximum atomic E-state index is 12.7. The Bertz CT molecular complexity index is 1070. The van der Waals surface area contributed by atoms with Crippen molar-refractivity contribution < 1.29 is 28.6 Å². The highest BCUT2D eigenvalue weighted by atomic mass is 33.1. The molecule has 45 heavy (non-hydrogen) atoms. The molecule has 3 amide bonds. The van der Waals surface area contributed by atoms with E-state index in [-0.39, 0.29) is 53.6 Å². The number of ether oxygens (including phenoxy) is 3. The van der Waals surface area contributed by atoms with Gasteiger partial charge in [-0.15, -0.1) is 0 Å². The molecule has 0 radical (unpaired) electrons. The summed E-state index contributed by atoms with van der Waals surface area (Å²) < 4.78 is 17.5. The Morgan fingerprint density at radius 3 is 2.40 bits per heavy atom. The Hall–Kier alpha value is -2.39. The predicted octanol–water partition coefficient (Wildman–Crippen LogP) is 5.83. The Balaban J connectivity index is 2.44. The van der Waals surface area contributed by atoms with E-state index in [0.717, 1.165) is 19.3 Å². The molecule has 0 aliphatic rings. The molecule has 1 rings (SSSR count). The molecule has 0 saturated heterocycles. The van der Waals surface area contributed by atoms with Gasteiger partial charge in [-0.1, -0.05) is 107 Å². The van der Waals surface area contributed by atoms with Crippen LogP contribution in [0.25, 0.3) is 0 Å². The Morgan fingerprint density at radius 1 is 0.933 bits per heavy atom. The third kappa shape index (κ3) is 23.6. The minimum Gasteiger partial charge on any atom is -0.490 e.